The van der Waals surface area contributed by atoms with Crippen molar-refractivity contribution in [3.8, 4) is 0 Å². The van der Waals surface area contributed by atoms with E-state index in [1.54, 1.807) is 21.1 Å². The van der Waals surface area contributed by atoms with Crippen LogP contribution >= 0.6 is 0 Å². The van der Waals surface area contributed by atoms with Gasteiger partial charge in [-0.25, -0.2) is 8.42 Å². The van der Waals surface area contributed by atoms with E-state index in [4.69, 9.17) is 5.73 Å². The number of rotatable bonds is 6. The van der Waals surface area contributed by atoms with Gasteiger partial charge in [0.25, 0.3) is 0 Å². The van der Waals surface area contributed by atoms with Crippen LogP contribution in [0.25, 0.3) is 0 Å². The van der Waals surface area contributed by atoms with Crippen LogP contribution < -0.4 is 5.73 Å². The molecule has 1 heterocycles. The van der Waals surface area contributed by atoms with Crippen LogP contribution in [-0.2, 0) is 23.6 Å². The van der Waals surface area contributed by atoms with Crippen molar-refractivity contribution >= 4 is 10.0 Å². The Balaban J connectivity index is 2.33. The largest absolute Gasteiger partial charge is 0.352 e. The highest BCUT2D eigenvalue weighted by Crippen LogP contribution is 2.32. The molecular formula is C12H21N3O2S. The first-order valence-electron chi connectivity index (χ1n) is 6.37. The van der Waals surface area contributed by atoms with Crippen molar-refractivity contribution in [3.05, 3.63) is 18.0 Å². The maximum absolute atomic E-state index is 12.6. The number of hydrogen-bond acceptors (Lipinski definition) is 3. The Hall–Kier alpha value is -0.850. The molecule has 1 saturated carbocycles. The molecule has 0 amide bonds. The van der Waals surface area contributed by atoms with Gasteiger partial charge in [-0.05, 0) is 25.3 Å². The van der Waals surface area contributed by atoms with Crippen LogP contribution in [-0.4, -0.2) is 29.9 Å². The van der Waals surface area contributed by atoms with Crippen LogP contribution in [0.3, 0.4) is 0 Å². The monoisotopic (exact) mass is 271 g/mol. The Morgan fingerprint density at radius 2 is 2.17 bits per heavy atom. The third-order valence-corrected chi connectivity index (χ3v) is 5.21. The summed E-state index contributed by atoms with van der Waals surface area (Å²) in [5.74, 6) is 0. The SMILES string of the molecule is CCCN(C1CC1)S(=O)(=O)c1cc(CN)n(C)c1. The van der Waals surface area contributed by atoms with E-state index in [0.717, 1.165) is 25.0 Å². The lowest BCUT2D eigenvalue weighted by molar-refractivity contribution is 0.403. The summed E-state index contributed by atoms with van der Waals surface area (Å²) in [6.07, 6.45) is 4.46. The third-order valence-electron chi connectivity index (χ3n) is 3.30. The standard InChI is InChI=1S/C12H21N3O2S/c1-3-6-15(10-4-5-10)18(16,17)12-7-11(8-13)14(2)9-12/h7,9-10H,3-6,8,13H2,1-2H3. The molecule has 1 aliphatic carbocycles. The third kappa shape index (κ3) is 2.46. The molecule has 1 aromatic heterocycles. The molecule has 1 aromatic rings. The molecule has 0 atom stereocenters. The average molecular weight is 271 g/mol. The molecule has 1 fully saturated rings. The summed E-state index contributed by atoms with van der Waals surface area (Å²) >= 11 is 0. The first-order valence-corrected chi connectivity index (χ1v) is 7.81. The predicted molar refractivity (Wildman–Crippen MR) is 70.5 cm³/mol. The minimum Gasteiger partial charge on any atom is -0.352 e. The van der Waals surface area contributed by atoms with Gasteiger partial charge in [-0.1, -0.05) is 6.92 Å². The van der Waals surface area contributed by atoms with Crippen molar-refractivity contribution in [3.63, 3.8) is 0 Å². The number of hydrogen-bond donors (Lipinski definition) is 1. The number of sulfonamides is 1. The minimum atomic E-state index is -3.35. The summed E-state index contributed by atoms with van der Waals surface area (Å²) in [7, 11) is -1.53. The van der Waals surface area contributed by atoms with Crippen molar-refractivity contribution in [2.75, 3.05) is 6.54 Å². The second kappa shape index (κ2) is 5.03. The lowest BCUT2D eigenvalue weighted by atomic mass is 10.4. The maximum atomic E-state index is 12.6. The molecule has 0 unspecified atom stereocenters. The van der Waals surface area contributed by atoms with Gasteiger partial charge >= 0.3 is 0 Å². The molecule has 0 saturated heterocycles. The predicted octanol–water partition coefficient (Wildman–Crippen LogP) is 1.05. The highest BCUT2D eigenvalue weighted by Gasteiger charge is 2.37. The first kappa shape index (κ1) is 13.6. The summed E-state index contributed by atoms with van der Waals surface area (Å²) in [6.45, 7) is 2.95. The van der Waals surface area contributed by atoms with E-state index >= 15 is 0 Å². The number of aromatic nitrogens is 1. The Kier molecular flexibility index (Phi) is 3.79. The lowest BCUT2D eigenvalue weighted by Gasteiger charge is -2.20. The van der Waals surface area contributed by atoms with Crippen molar-refractivity contribution in [2.24, 2.45) is 12.8 Å². The lowest BCUT2D eigenvalue weighted by Crippen LogP contribution is -2.33. The summed E-state index contributed by atoms with van der Waals surface area (Å²) in [5, 5.41) is 0. The second-order valence-corrected chi connectivity index (χ2v) is 6.72. The highest BCUT2D eigenvalue weighted by atomic mass is 32.2. The quantitative estimate of drug-likeness (QED) is 0.840. The fraction of sp³-hybridized carbons (Fsp3) is 0.667. The van der Waals surface area contributed by atoms with Gasteiger partial charge in [-0.2, -0.15) is 4.31 Å². The van der Waals surface area contributed by atoms with Gasteiger partial charge in [0.1, 0.15) is 4.90 Å². The Morgan fingerprint density at radius 1 is 1.50 bits per heavy atom. The molecule has 0 aromatic carbocycles. The second-order valence-electron chi connectivity index (χ2n) is 4.83. The van der Waals surface area contributed by atoms with Crippen LogP contribution in [0.1, 0.15) is 31.9 Å². The van der Waals surface area contributed by atoms with Crippen molar-refractivity contribution in [2.45, 2.75) is 43.7 Å². The van der Waals surface area contributed by atoms with Crippen LogP contribution in [0.15, 0.2) is 17.2 Å². The Morgan fingerprint density at radius 3 is 2.61 bits per heavy atom. The van der Waals surface area contributed by atoms with E-state index in [9.17, 15) is 8.42 Å². The molecular weight excluding hydrogens is 250 g/mol. The molecule has 0 aliphatic heterocycles. The zero-order valence-corrected chi connectivity index (χ0v) is 11.8. The number of nitrogens with two attached hydrogens (primary N) is 1. The van der Waals surface area contributed by atoms with Gasteiger partial charge in [0.15, 0.2) is 0 Å². The molecule has 102 valence electrons. The Bertz CT molecular complexity index is 517. The minimum absolute atomic E-state index is 0.205. The molecule has 1 aliphatic rings. The average Bonchev–Trinajstić information content (AvgIpc) is 3.08. The van der Waals surface area contributed by atoms with E-state index in [0.29, 0.717) is 18.0 Å². The molecule has 5 nitrogen and oxygen atoms in total. The molecule has 2 rings (SSSR count). The van der Waals surface area contributed by atoms with Crippen LogP contribution in [0.4, 0.5) is 0 Å². The molecule has 0 radical (unpaired) electrons. The maximum Gasteiger partial charge on any atom is 0.244 e. The number of nitrogens with zero attached hydrogens (tertiary/aromatic N) is 2. The van der Waals surface area contributed by atoms with Crippen LogP contribution in [0, 0.1) is 0 Å². The molecule has 18 heavy (non-hydrogen) atoms. The van der Waals surface area contributed by atoms with Gasteiger partial charge in [0, 0.05) is 38.1 Å². The van der Waals surface area contributed by atoms with Gasteiger partial charge in [-0.3, -0.25) is 0 Å². The van der Waals surface area contributed by atoms with Crippen LogP contribution in [0.2, 0.25) is 0 Å². The fourth-order valence-corrected chi connectivity index (χ4v) is 4.01. The van der Waals surface area contributed by atoms with Crippen LogP contribution in [0.5, 0.6) is 0 Å². The van der Waals surface area contributed by atoms with Gasteiger partial charge < -0.3 is 10.3 Å². The fourth-order valence-electron chi connectivity index (χ4n) is 2.14. The summed E-state index contributed by atoms with van der Waals surface area (Å²) in [5.41, 5.74) is 6.42. The van der Waals surface area contributed by atoms with Gasteiger partial charge in [0.05, 0.1) is 0 Å². The highest BCUT2D eigenvalue weighted by molar-refractivity contribution is 7.89. The van der Waals surface area contributed by atoms with Crippen molar-refractivity contribution in [1.82, 2.24) is 8.87 Å². The smallest absolute Gasteiger partial charge is 0.244 e. The van der Waals surface area contributed by atoms with Gasteiger partial charge in [-0.15, -0.1) is 0 Å². The summed E-state index contributed by atoms with van der Waals surface area (Å²) < 4.78 is 28.5. The van der Waals surface area contributed by atoms with Gasteiger partial charge in [0.2, 0.25) is 10.0 Å². The normalized spacial score (nSPS) is 16.4. The molecule has 6 heteroatoms. The molecule has 2 N–H and O–H groups in total. The number of aryl methyl sites for hydroxylation is 1. The zero-order chi connectivity index (χ0) is 13.3. The van der Waals surface area contributed by atoms with E-state index < -0.39 is 10.0 Å². The van der Waals surface area contributed by atoms with E-state index in [2.05, 4.69) is 0 Å². The molecule has 0 bridgehead atoms. The molecule has 0 spiro atoms. The van der Waals surface area contributed by atoms with E-state index in [1.165, 1.54) is 0 Å². The topological polar surface area (TPSA) is 68.3 Å². The van der Waals surface area contributed by atoms with E-state index in [1.807, 2.05) is 14.0 Å². The van der Waals surface area contributed by atoms with E-state index in [-0.39, 0.29) is 6.04 Å². The van der Waals surface area contributed by atoms with Crippen molar-refractivity contribution in [1.29, 1.82) is 0 Å². The van der Waals surface area contributed by atoms with Crippen molar-refractivity contribution < 1.29 is 8.42 Å². The Labute approximate surface area is 109 Å². The zero-order valence-electron chi connectivity index (χ0n) is 11.0. The first-order chi connectivity index (χ1) is 8.50. The summed E-state index contributed by atoms with van der Waals surface area (Å²) in [4.78, 5) is 0.366. The summed E-state index contributed by atoms with van der Waals surface area (Å²) in [6, 6.07) is 1.89.